The van der Waals surface area contributed by atoms with E-state index in [2.05, 4.69) is 0 Å². The summed E-state index contributed by atoms with van der Waals surface area (Å²) in [5, 5.41) is 8.70. The molecule has 1 heteroatoms. The molecule has 0 atom stereocenters. The van der Waals surface area contributed by atoms with Crippen LogP contribution in [-0.4, -0.2) is 11.7 Å². The third-order valence-electron chi connectivity index (χ3n) is 3.25. The molecule has 0 aromatic rings. The van der Waals surface area contributed by atoms with Gasteiger partial charge in [-0.2, -0.15) is 0 Å². The summed E-state index contributed by atoms with van der Waals surface area (Å²) in [4.78, 5) is 0. The summed E-state index contributed by atoms with van der Waals surface area (Å²) < 4.78 is 0. The van der Waals surface area contributed by atoms with E-state index in [1.54, 1.807) is 0 Å². The van der Waals surface area contributed by atoms with E-state index in [0.717, 1.165) is 12.3 Å². The second kappa shape index (κ2) is 7.37. The van der Waals surface area contributed by atoms with Gasteiger partial charge in [-0.25, -0.2) is 0 Å². The van der Waals surface area contributed by atoms with E-state index in [-0.39, 0.29) is 0 Å². The Labute approximate surface area is 82.5 Å². The lowest BCUT2D eigenvalue weighted by molar-refractivity contribution is 0.271. The van der Waals surface area contributed by atoms with Gasteiger partial charge in [0.25, 0.3) is 0 Å². The van der Waals surface area contributed by atoms with Crippen LogP contribution in [-0.2, 0) is 0 Å². The van der Waals surface area contributed by atoms with Gasteiger partial charge in [0, 0.05) is 6.61 Å². The van der Waals surface area contributed by atoms with Crippen LogP contribution in [0.1, 0.15) is 64.2 Å². The molecule has 1 N–H and O–H groups in total. The molecular weight excluding hydrogens is 160 g/mol. The van der Waals surface area contributed by atoms with Crippen LogP contribution < -0.4 is 0 Å². The van der Waals surface area contributed by atoms with E-state index in [1.807, 2.05) is 0 Å². The highest BCUT2D eigenvalue weighted by molar-refractivity contribution is 4.63. The summed E-state index contributed by atoms with van der Waals surface area (Å²) in [6.45, 7) is 0.382. The van der Waals surface area contributed by atoms with Gasteiger partial charge in [0.1, 0.15) is 0 Å². The summed E-state index contributed by atoms with van der Waals surface area (Å²) in [6, 6.07) is 0. The fraction of sp³-hybridized carbons (Fsp3) is 1.00. The van der Waals surface area contributed by atoms with Crippen molar-refractivity contribution in [3.8, 4) is 0 Å². The number of aliphatic hydroxyl groups excluding tert-OH is 1. The van der Waals surface area contributed by atoms with Gasteiger partial charge >= 0.3 is 0 Å². The SMILES string of the molecule is OCCCCC1CCCCCCC1. The Kier molecular flexibility index (Phi) is 6.26. The first-order chi connectivity index (χ1) is 6.43. The zero-order valence-electron chi connectivity index (χ0n) is 8.80. The van der Waals surface area contributed by atoms with Crippen molar-refractivity contribution >= 4 is 0 Å². The van der Waals surface area contributed by atoms with Gasteiger partial charge in [0.2, 0.25) is 0 Å². The molecule has 0 saturated heterocycles. The molecule has 1 fully saturated rings. The van der Waals surface area contributed by atoms with E-state index in [9.17, 15) is 0 Å². The van der Waals surface area contributed by atoms with Crippen LogP contribution >= 0.6 is 0 Å². The number of unbranched alkanes of at least 4 members (excludes halogenated alkanes) is 1. The Balaban J connectivity index is 2.06. The first-order valence-electron chi connectivity index (χ1n) is 6.04. The van der Waals surface area contributed by atoms with Crippen molar-refractivity contribution < 1.29 is 5.11 Å². The van der Waals surface area contributed by atoms with Gasteiger partial charge in [0.05, 0.1) is 0 Å². The summed E-state index contributed by atoms with van der Waals surface area (Å²) in [6.07, 6.45) is 13.8. The predicted octanol–water partition coefficient (Wildman–Crippen LogP) is 3.51. The molecule has 78 valence electrons. The van der Waals surface area contributed by atoms with Crippen molar-refractivity contribution in [2.75, 3.05) is 6.61 Å². The molecule has 1 aliphatic carbocycles. The van der Waals surface area contributed by atoms with Gasteiger partial charge in [-0.1, -0.05) is 57.8 Å². The van der Waals surface area contributed by atoms with Crippen molar-refractivity contribution in [2.45, 2.75) is 64.2 Å². The Bertz CT molecular complexity index is 104. The van der Waals surface area contributed by atoms with Crippen molar-refractivity contribution in [3.63, 3.8) is 0 Å². The molecule has 13 heavy (non-hydrogen) atoms. The molecule has 1 nitrogen and oxygen atoms in total. The molecule has 1 saturated carbocycles. The largest absolute Gasteiger partial charge is 0.396 e. The van der Waals surface area contributed by atoms with Gasteiger partial charge in [-0.05, 0) is 12.3 Å². The zero-order chi connectivity index (χ0) is 9.36. The maximum absolute atomic E-state index is 8.70. The average molecular weight is 184 g/mol. The van der Waals surface area contributed by atoms with Crippen molar-refractivity contribution in [1.29, 1.82) is 0 Å². The Morgan fingerprint density at radius 2 is 1.46 bits per heavy atom. The lowest BCUT2D eigenvalue weighted by Crippen LogP contribution is -2.04. The minimum atomic E-state index is 0.382. The standard InChI is InChI=1S/C12H24O/c13-11-7-6-10-12-8-4-2-1-3-5-9-12/h12-13H,1-11H2. The number of hydrogen-bond acceptors (Lipinski definition) is 1. The zero-order valence-corrected chi connectivity index (χ0v) is 8.80. The van der Waals surface area contributed by atoms with Crippen molar-refractivity contribution in [2.24, 2.45) is 5.92 Å². The molecule has 0 unspecified atom stereocenters. The number of aliphatic hydroxyl groups is 1. The van der Waals surface area contributed by atoms with E-state index in [1.165, 1.54) is 57.8 Å². The number of rotatable bonds is 4. The monoisotopic (exact) mass is 184 g/mol. The van der Waals surface area contributed by atoms with E-state index >= 15 is 0 Å². The van der Waals surface area contributed by atoms with Crippen LogP contribution in [0.25, 0.3) is 0 Å². The van der Waals surface area contributed by atoms with Gasteiger partial charge in [0.15, 0.2) is 0 Å². The summed E-state index contributed by atoms with van der Waals surface area (Å²) >= 11 is 0. The fourth-order valence-electron chi connectivity index (χ4n) is 2.37. The Morgan fingerprint density at radius 3 is 2.08 bits per heavy atom. The maximum atomic E-state index is 8.70. The van der Waals surface area contributed by atoms with Gasteiger partial charge < -0.3 is 5.11 Å². The quantitative estimate of drug-likeness (QED) is 0.663. The van der Waals surface area contributed by atoms with Crippen LogP contribution in [0.4, 0.5) is 0 Å². The molecule has 0 aromatic heterocycles. The van der Waals surface area contributed by atoms with Crippen LogP contribution in [0.15, 0.2) is 0 Å². The fourth-order valence-corrected chi connectivity index (χ4v) is 2.37. The average Bonchev–Trinajstić information content (AvgIpc) is 2.08. The van der Waals surface area contributed by atoms with Gasteiger partial charge in [-0.15, -0.1) is 0 Å². The summed E-state index contributed by atoms with van der Waals surface area (Å²) in [7, 11) is 0. The highest BCUT2D eigenvalue weighted by Gasteiger charge is 2.10. The van der Waals surface area contributed by atoms with Crippen LogP contribution in [0.5, 0.6) is 0 Å². The molecule has 0 radical (unpaired) electrons. The van der Waals surface area contributed by atoms with E-state index in [0.29, 0.717) is 6.61 Å². The van der Waals surface area contributed by atoms with Crippen LogP contribution in [0.2, 0.25) is 0 Å². The second-order valence-corrected chi connectivity index (χ2v) is 4.43. The van der Waals surface area contributed by atoms with E-state index < -0.39 is 0 Å². The third kappa shape index (κ3) is 5.30. The topological polar surface area (TPSA) is 20.2 Å². The number of hydrogen-bond donors (Lipinski definition) is 1. The normalized spacial score (nSPS) is 21.0. The predicted molar refractivity (Wildman–Crippen MR) is 56.7 cm³/mol. The summed E-state index contributed by atoms with van der Waals surface area (Å²) in [5.41, 5.74) is 0. The van der Waals surface area contributed by atoms with E-state index in [4.69, 9.17) is 5.11 Å². The molecule has 1 rings (SSSR count). The summed E-state index contributed by atoms with van der Waals surface area (Å²) in [5.74, 6) is 0.979. The minimum absolute atomic E-state index is 0.382. The minimum Gasteiger partial charge on any atom is -0.396 e. The molecular formula is C12H24O. The molecule has 0 heterocycles. The molecule has 0 aliphatic heterocycles. The van der Waals surface area contributed by atoms with Crippen molar-refractivity contribution in [1.82, 2.24) is 0 Å². The lowest BCUT2D eigenvalue weighted by atomic mass is 9.88. The highest BCUT2D eigenvalue weighted by Crippen LogP contribution is 2.25. The Morgan fingerprint density at radius 1 is 0.846 bits per heavy atom. The smallest absolute Gasteiger partial charge is 0.0431 e. The second-order valence-electron chi connectivity index (χ2n) is 4.43. The van der Waals surface area contributed by atoms with Crippen LogP contribution in [0.3, 0.4) is 0 Å². The van der Waals surface area contributed by atoms with Crippen molar-refractivity contribution in [3.05, 3.63) is 0 Å². The molecule has 0 spiro atoms. The third-order valence-corrected chi connectivity index (χ3v) is 3.25. The highest BCUT2D eigenvalue weighted by atomic mass is 16.2. The molecule has 1 aliphatic rings. The maximum Gasteiger partial charge on any atom is 0.0431 e. The first kappa shape index (κ1) is 11.0. The molecule has 0 bridgehead atoms. The molecule has 0 aromatic carbocycles. The lowest BCUT2D eigenvalue weighted by Gasteiger charge is -2.19. The first-order valence-corrected chi connectivity index (χ1v) is 6.04. The molecule has 0 amide bonds. The Hall–Kier alpha value is -0.0400. The van der Waals surface area contributed by atoms with Crippen LogP contribution in [0, 0.1) is 5.92 Å². The van der Waals surface area contributed by atoms with Gasteiger partial charge in [-0.3, -0.25) is 0 Å².